The number of aliphatic hydroxyl groups is 3. The summed E-state index contributed by atoms with van der Waals surface area (Å²) in [6.45, 7) is 3.24. The molecule has 0 radical (unpaired) electrons. The van der Waals surface area contributed by atoms with E-state index in [1.807, 2.05) is 0 Å². The lowest BCUT2D eigenvalue weighted by Crippen LogP contribution is -2.25. The van der Waals surface area contributed by atoms with Crippen molar-refractivity contribution in [2.24, 2.45) is 0 Å². The predicted octanol–water partition coefficient (Wildman–Crippen LogP) is 0.849. The maximum atomic E-state index is 9.24. The molecular formula is C8H12O3. The number of aliphatic hydroxyl groups excluding tert-OH is 1. The van der Waals surface area contributed by atoms with Crippen molar-refractivity contribution >= 4 is 0 Å². The third-order valence-corrected chi connectivity index (χ3v) is 1.83. The largest absolute Gasteiger partial charge is 0.509 e. The van der Waals surface area contributed by atoms with Crippen molar-refractivity contribution in [1.29, 1.82) is 0 Å². The average Bonchev–Trinajstić information content (AvgIpc) is 2.10. The Morgan fingerprint density at radius 2 is 2.18 bits per heavy atom. The van der Waals surface area contributed by atoms with Crippen LogP contribution in [0, 0.1) is 0 Å². The fourth-order valence-electron chi connectivity index (χ4n) is 1.27. The SMILES string of the molecule is C=C(O)/C=C1\CCCC1(O)O. The molecule has 0 heterocycles. The summed E-state index contributed by atoms with van der Waals surface area (Å²) in [5.74, 6) is -1.85. The molecule has 1 saturated carbocycles. The molecule has 0 spiro atoms. The highest BCUT2D eigenvalue weighted by atomic mass is 16.5. The lowest BCUT2D eigenvalue weighted by Gasteiger charge is -2.15. The van der Waals surface area contributed by atoms with Crippen LogP contribution in [-0.4, -0.2) is 21.1 Å². The van der Waals surface area contributed by atoms with Crippen LogP contribution in [0.2, 0.25) is 0 Å². The molecule has 62 valence electrons. The van der Waals surface area contributed by atoms with Gasteiger partial charge in [-0.3, -0.25) is 0 Å². The van der Waals surface area contributed by atoms with Crippen LogP contribution in [0.5, 0.6) is 0 Å². The Balaban J connectivity index is 2.80. The zero-order valence-electron chi connectivity index (χ0n) is 6.25. The minimum absolute atomic E-state index is 0.130. The molecule has 11 heavy (non-hydrogen) atoms. The molecule has 0 aromatic heterocycles. The molecule has 3 nitrogen and oxygen atoms in total. The van der Waals surface area contributed by atoms with Gasteiger partial charge in [-0.15, -0.1) is 0 Å². The van der Waals surface area contributed by atoms with E-state index in [9.17, 15) is 10.2 Å². The van der Waals surface area contributed by atoms with Gasteiger partial charge in [-0.1, -0.05) is 6.58 Å². The van der Waals surface area contributed by atoms with E-state index in [0.29, 0.717) is 18.4 Å². The molecule has 1 fully saturated rings. The standard InChI is InChI=1S/C8H12O3/c1-6(9)5-7-3-2-4-8(7,10)11/h5,9-11H,1-4H2/b7-5+. The first-order valence-corrected chi connectivity index (χ1v) is 3.56. The lowest BCUT2D eigenvalue weighted by molar-refractivity contribution is -0.121. The monoisotopic (exact) mass is 156 g/mol. The summed E-state index contributed by atoms with van der Waals surface area (Å²) in [5.41, 5.74) is 0.449. The Morgan fingerprint density at radius 1 is 1.55 bits per heavy atom. The molecule has 0 aromatic carbocycles. The molecule has 0 bridgehead atoms. The average molecular weight is 156 g/mol. The quantitative estimate of drug-likeness (QED) is 0.389. The van der Waals surface area contributed by atoms with E-state index in [1.165, 1.54) is 6.08 Å². The van der Waals surface area contributed by atoms with Crippen molar-refractivity contribution in [3.8, 4) is 0 Å². The molecular weight excluding hydrogens is 144 g/mol. The van der Waals surface area contributed by atoms with Crippen LogP contribution < -0.4 is 0 Å². The summed E-state index contributed by atoms with van der Waals surface area (Å²) in [6.07, 6.45) is 3.01. The van der Waals surface area contributed by atoms with Crippen molar-refractivity contribution in [1.82, 2.24) is 0 Å². The molecule has 1 aliphatic carbocycles. The van der Waals surface area contributed by atoms with Crippen molar-refractivity contribution in [2.75, 3.05) is 0 Å². The van der Waals surface area contributed by atoms with E-state index in [0.717, 1.165) is 6.42 Å². The topological polar surface area (TPSA) is 60.7 Å². The van der Waals surface area contributed by atoms with Crippen LogP contribution >= 0.6 is 0 Å². The van der Waals surface area contributed by atoms with Crippen LogP contribution in [0.4, 0.5) is 0 Å². The Labute approximate surface area is 65.3 Å². The summed E-state index contributed by atoms with van der Waals surface area (Å²) in [7, 11) is 0. The first-order valence-electron chi connectivity index (χ1n) is 3.56. The van der Waals surface area contributed by atoms with Gasteiger partial charge in [0.2, 0.25) is 0 Å². The summed E-state index contributed by atoms with van der Waals surface area (Å²) >= 11 is 0. The highest BCUT2D eigenvalue weighted by molar-refractivity contribution is 5.23. The van der Waals surface area contributed by atoms with Gasteiger partial charge in [-0.25, -0.2) is 0 Å². The molecule has 1 aliphatic rings. The van der Waals surface area contributed by atoms with Gasteiger partial charge < -0.3 is 15.3 Å². The van der Waals surface area contributed by atoms with E-state index in [4.69, 9.17) is 5.11 Å². The van der Waals surface area contributed by atoms with Crippen LogP contribution in [0.3, 0.4) is 0 Å². The van der Waals surface area contributed by atoms with Gasteiger partial charge in [0.25, 0.3) is 0 Å². The van der Waals surface area contributed by atoms with E-state index in [2.05, 4.69) is 6.58 Å². The Hall–Kier alpha value is -0.800. The number of rotatable bonds is 1. The fraction of sp³-hybridized carbons (Fsp3) is 0.500. The highest BCUT2D eigenvalue weighted by Crippen LogP contribution is 2.32. The maximum Gasteiger partial charge on any atom is 0.186 e. The van der Waals surface area contributed by atoms with E-state index in [1.54, 1.807) is 0 Å². The molecule has 0 saturated heterocycles. The van der Waals surface area contributed by atoms with Crippen molar-refractivity contribution in [3.05, 3.63) is 24.0 Å². The zero-order chi connectivity index (χ0) is 8.48. The second-order valence-electron chi connectivity index (χ2n) is 2.83. The van der Waals surface area contributed by atoms with Crippen molar-refractivity contribution in [2.45, 2.75) is 25.0 Å². The summed E-state index contributed by atoms with van der Waals surface area (Å²) in [5, 5.41) is 27.2. The first-order chi connectivity index (χ1) is 5.02. The highest BCUT2D eigenvalue weighted by Gasteiger charge is 2.33. The second-order valence-corrected chi connectivity index (χ2v) is 2.83. The minimum Gasteiger partial charge on any atom is -0.509 e. The smallest absolute Gasteiger partial charge is 0.186 e. The second kappa shape index (κ2) is 2.68. The third-order valence-electron chi connectivity index (χ3n) is 1.83. The van der Waals surface area contributed by atoms with Gasteiger partial charge in [-0.05, 0) is 24.5 Å². The number of allylic oxidation sites excluding steroid dienone is 1. The number of hydrogen-bond acceptors (Lipinski definition) is 3. The van der Waals surface area contributed by atoms with Crippen molar-refractivity contribution in [3.63, 3.8) is 0 Å². The molecule has 0 unspecified atom stereocenters. The molecule has 3 N–H and O–H groups in total. The Morgan fingerprint density at radius 3 is 2.55 bits per heavy atom. The summed E-state index contributed by atoms with van der Waals surface area (Å²) in [6, 6.07) is 0. The van der Waals surface area contributed by atoms with E-state index >= 15 is 0 Å². The summed E-state index contributed by atoms with van der Waals surface area (Å²) < 4.78 is 0. The molecule has 0 aromatic rings. The Kier molecular flexibility index (Phi) is 2.02. The first kappa shape index (κ1) is 8.30. The molecule has 3 heteroatoms. The summed E-state index contributed by atoms with van der Waals surface area (Å²) in [4.78, 5) is 0. The minimum atomic E-state index is -1.72. The molecule has 1 rings (SSSR count). The fourth-order valence-corrected chi connectivity index (χ4v) is 1.27. The molecule has 0 aliphatic heterocycles. The van der Waals surface area contributed by atoms with Crippen LogP contribution in [-0.2, 0) is 0 Å². The van der Waals surface area contributed by atoms with Crippen LogP contribution in [0.25, 0.3) is 0 Å². The van der Waals surface area contributed by atoms with Crippen molar-refractivity contribution < 1.29 is 15.3 Å². The van der Waals surface area contributed by atoms with Gasteiger partial charge in [-0.2, -0.15) is 0 Å². The normalized spacial score (nSPS) is 25.8. The van der Waals surface area contributed by atoms with Gasteiger partial charge in [0.05, 0.1) is 0 Å². The molecule has 0 amide bonds. The van der Waals surface area contributed by atoms with Crippen LogP contribution in [0.15, 0.2) is 24.0 Å². The van der Waals surface area contributed by atoms with Crippen LogP contribution in [0.1, 0.15) is 19.3 Å². The molecule has 0 atom stereocenters. The lowest BCUT2D eigenvalue weighted by atomic mass is 10.1. The maximum absolute atomic E-state index is 9.24. The zero-order valence-corrected chi connectivity index (χ0v) is 6.25. The van der Waals surface area contributed by atoms with Gasteiger partial charge >= 0.3 is 0 Å². The Bertz CT molecular complexity index is 203. The van der Waals surface area contributed by atoms with E-state index < -0.39 is 5.79 Å². The van der Waals surface area contributed by atoms with Gasteiger partial charge in [0, 0.05) is 6.42 Å². The van der Waals surface area contributed by atoms with E-state index in [-0.39, 0.29) is 5.76 Å². The predicted molar refractivity (Wildman–Crippen MR) is 40.9 cm³/mol. The van der Waals surface area contributed by atoms with Gasteiger partial charge in [0.15, 0.2) is 5.79 Å². The van der Waals surface area contributed by atoms with Gasteiger partial charge in [0.1, 0.15) is 5.76 Å². The third kappa shape index (κ3) is 1.82. The number of hydrogen-bond donors (Lipinski definition) is 3.